The quantitative estimate of drug-likeness (QED) is 0.457. The van der Waals surface area contributed by atoms with Gasteiger partial charge >= 0.3 is 5.97 Å². The maximum atomic E-state index is 12.6. The summed E-state index contributed by atoms with van der Waals surface area (Å²) in [6.45, 7) is 1.51. The van der Waals surface area contributed by atoms with Crippen LogP contribution in [0.5, 0.6) is 5.75 Å². The molecule has 1 amide bonds. The zero-order valence-electron chi connectivity index (χ0n) is 16.1. The lowest BCUT2D eigenvalue weighted by Crippen LogP contribution is -2.32. The maximum absolute atomic E-state index is 12.6. The van der Waals surface area contributed by atoms with E-state index in [0.717, 1.165) is 5.56 Å². The molecule has 7 nitrogen and oxygen atoms in total. The molecule has 0 aromatic heterocycles. The Bertz CT molecular complexity index is 966. The summed E-state index contributed by atoms with van der Waals surface area (Å²) in [7, 11) is 1.28. The van der Waals surface area contributed by atoms with E-state index >= 15 is 0 Å². The van der Waals surface area contributed by atoms with Crippen molar-refractivity contribution in [2.24, 2.45) is 5.92 Å². The van der Waals surface area contributed by atoms with Gasteiger partial charge in [-0.25, -0.2) is 4.79 Å². The summed E-state index contributed by atoms with van der Waals surface area (Å²) in [4.78, 5) is 50.3. The Labute approximate surface area is 167 Å². The molecule has 7 heteroatoms. The van der Waals surface area contributed by atoms with Crippen molar-refractivity contribution < 1.29 is 29.0 Å². The van der Waals surface area contributed by atoms with Crippen LogP contribution in [0, 0.1) is 5.92 Å². The minimum atomic E-state index is -1.09. The third kappa shape index (κ3) is 4.03. The number of phenolic OH excluding ortho intramolecular Hbond substituents is 1. The number of esters is 1. The molecule has 2 atom stereocenters. The second-order valence-corrected chi connectivity index (χ2v) is 6.93. The highest BCUT2D eigenvalue weighted by atomic mass is 16.5. The number of phenols is 1. The smallest absolute Gasteiger partial charge is 0.337 e. The van der Waals surface area contributed by atoms with Crippen molar-refractivity contribution >= 4 is 23.4 Å². The van der Waals surface area contributed by atoms with E-state index in [-0.39, 0.29) is 18.1 Å². The van der Waals surface area contributed by atoms with Crippen LogP contribution in [-0.4, -0.2) is 47.1 Å². The van der Waals surface area contributed by atoms with Crippen molar-refractivity contribution in [3.63, 3.8) is 0 Å². The Morgan fingerprint density at radius 2 is 1.79 bits per heavy atom. The summed E-state index contributed by atoms with van der Waals surface area (Å²) in [6.07, 6.45) is 0.411. The Hall–Kier alpha value is -3.48. The molecule has 0 radical (unpaired) electrons. The topological polar surface area (TPSA) is 101 Å². The van der Waals surface area contributed by atoms with E-state index in [0.29, 0.717) is 17.5 Å². The number of aromatic hydroxyl groups is 1. The molecule has 0 spiro atoms. The van der Waals surface area contributed by atoms with Crippen LogP contribution < -0.4 is 0 Å². The summed E-state index contributed by atoms with van der Waals surface area (Å²) in [5.74, 6) is -3.29. The number of Topliss-reactive ketones (excluding diaryl/α,β-unsaturated/α-hetero) is 2. The number of hydrogen-bond donors (Lipinski definition) is 1. The summed E-state index contributed by atoms with van der Waals surface area (Å²) >= 11 is 0. The van der Waals surface area contributed by atoms with Crippen molar-refractivity contribution in [2.75, 3.05) is 13.7 Å². The van der Waals surface area contributed by atoms with Crippen LogP contribution in [0.3, 0.4) is 0 Å². The Morgan fingerprint density at radius 3 is 2.38 bits per heavy atom. The number of amides is 1. The monoisotopic (exact) mass is 395 g/mol. The summed E-state index contributed by atoms with van der Waals surface area (Å²) in [5.41, 5.74) is 1.72. The number of rotatable bonds is 6. The van der Waals surface area contributed by atoms with Crippen molar-refractivity contribution in [2.45, 2.75) is 19.4 Å². The minimum absolute atomic E-state index is 0.114. The predicted octanol–water partition coefficient (Wildman–Crippen LogP) is 2.08. The normalized spacial score (nSPS) is 18.8. The number of benzene rings is 2. The number of carbonyl (C=O) groups excluding carboxylic acids is 4. The van der Waals surface area contributed by atoms with Crippen LogP contribution in [-0.2, 0) is 25.5 Å². The van der Waals surface area contributed by atoms with Gasteiger partial charge in [-0.05, 0) is 48.7 Å². The highest BCUT2D eigenvalue weighted by Gasteiger charge is 2.49. The molecule has 0 bridgehead atoms. The van der Waals surface area contributed by atoms with Crippen LogP contribution in [0.25, 0.3) is 0 Å². The summed E-state index contributed by atoms with van der Waals surface area (Å²) < 4.78 is 4.68. The lowest BCUT2D eigenvalue weighted by molar-refractivity contribution is -0.142. The van der Waals surface area contributed by atoms with Gasteiger partial charge in [-0.15, -0.1) is 0 Å². The van der Waals surface area contributed by atoms with Crippen molar-refractivity contribution in [1.82, 2.24) is 4.90 Å². The Morgan fingerprint density at radius 1 is 1.10 bits per heavy atom. The number of ether oxygens (including phenoxy) is 1. The van der Waals surface area contributed by atoms with Crippen molar-refractivity contribution in [1.29, 1.82) is 0 Å². The number of nitrogens with zero attached hydrogens (tertiary/aromatic N) is 1. The van der Waals surface area contributed by atoms with E-state index in [1.165, 1.54) is 18.9 Å². The van der Waals surface area contributed by atoms with Crippen LogP contribution in [0.1, 0.15) is 34.5 Å². The lowest BCUT2D eigenvalue weighted by atomic mass is 9.89. The second-order valence-electron chi connectivity index (χ2n) is 6.93. The molecule has 29 heavy (non-hydrogen) atoms. The standard InChI is InChI=1S/C22H21NO6/c1-13(24)18-19(15-6-8-16(9-7-15)22(28)29-2)23(21(27)20(18)26)11-10-14-4-3-5-17(25)12-14/h3-9,12,18-19,25H,10-11H2,1-2H3. The predicted molar refractivity (Wildman–Crippen MR) is 103 cm³/mol. The second kappa shape index (κ2) is 8.26. The molecular formula is C22H21NO6. The molecular weight excluding hydrogens is 374 g/mol. The number of hydrogen-bond acceptors (Lipinski definition) is 6. The molecule has 3 rings (SSSR count). The van der Waals surface area contributed by atoms with Gasteiger partial charge in [-0.3, -0.25) is 14.4 Å². The van der Waals surface area contributed by atoms with Gasteiger partial charge < -0.3 is 14.7 Å². The largest absolute Gasteiger partial charge is 0.508 e. The van der Waals surface area contributed by atoms with Gasteiger partial charge in [0.15, 0.2) is 0 Å². The van der Waals surface area contributed by atoms with E-state index in [4.69, 9.17) is 0 Å². The van der Waals surface area contributed by atoms with E-state index in [1.807, 2.05) is 6.07 Å². The number of methoxy groups -OCH3 is 1. The molecule has 1 fully saturated rings. The highest BCUT2D eigenvalue weighted by molar-refractivity contribution is 6.42. The molecule has 1 heterocycles. The molecule has 2 unspecified atom stereocenters. The number of ketones is 2. The highest BCUT2D eigenvalue weighted by Crippen LogP contribution is 2.37. The SMILES string of the molecule is COC(=O)c1ccc(C2C(C(C)=O)C(=O)C(=O)N2CCc2cccc(O)c2)cc1. The van der Waals surface area contributed by atoms with Gasteiger partial charge in [0.2, 0.25) is 5.78 Å². The summed E-state index contributed by atoms with van der Waals surface area (Å²) in [6, 6.07) is 12.2. The molecule has 1 N–H and O–H groups in total. The molecule has 0 aliphatic carbocycles. The molecule has 150 valence electrons. The van der Waals surface area contributed by atoms with Gasteiger partial charge in [0, 0.05) is 6.54 Å². The van der Waals surface area contributed by atoms with Crippen LogP contribution >= 0.6 is 0 Å². The average molecular weight is 395 g/mol. The average Bonchev–Trinajstić information content (AvgIpc) is 2.96. The molecule has 2 aromatic rings. The van der Waals surface area contributed by atoms with Gasteiger partial charge in [-0.1, -0.05) is 24.3 Å². The van der Waals surface area contributed by atoms with E-state index in [1.54, 1.807) is 42.5 Å². The fourth-order valence-electron chi connectivity index (χ4n) is 3.64. The maximum Gasteiger partial charge on any atom is 0.337 e. The number of likely N-dealkylation sites (tertiary alicyclic amines) is 1. The Balaban J connectivity index is 1.92. The first-order valence-corrected chi connectivity index (χ1v) is 9.15. The zero-order valence-corrected chi connectivity index (χ0v) is 16.1. The fraction of sp³-hybridized carbons (Fsp3) is 0.273. The van der Waals surface area contributed by atoms with E-state index in [9.17, 15) is 24.3 Å². The third-order valence-electron chi connectivity index (χ3n) is 5.07. The third-order valence-corrected chi connectivity index (χ3v) is 5.07. The van der Waals surface area contributed by atoms with Gasteiger partial charge in [-0.2, -0.15) is 0 Å². The van der Waals surface area contributed by atoms with Crippen molar-refractivity contribution in [3.8, 4) is 5.75 Å². The minimum Gasteiger partial charge on any atom is -0.508 e. The van der Waals surface area contributed by atoms with Gasteiger partial charge in [0.25, 0.3) is 5.91 Å². The molecule has 0 saturated carbocycles. The van der Waals surface area contributed by atoms with E-state index < -0.39 is 29.6 Å². The van der Waals surface area contributed by atoms with Crippen molar-refractivity contribution in [3.05, 3.63) is 65.2 Å². The van der Waals surface area contributed by atoms with Gasteiger partial charge in [0.1, 0.15) is 17.5 Å². The van der Waals surface area contributed by atoms with Gasteiger partial charge in [0.05, 0.1) is 18.7 Å². The zero-order chi connectivity index (χ0) is 21.1. The van der Waals surface area contributed by atoms with E-state index in [2.05, 4.69) is 4.74 Å². The molecule has 1 saturated heterocycles. The lowest BCUT2D eigenvalue weighted by Gasteiger charge is -2.27. The fourth-order valence-corrected chi connectivity index (χ4v) is 3.64. The Kier molecular flexibility index (Phi) is 5.77. The van der Waals surface area contributed by atoms with Crippen LogP contribution in [0.15, 0.2) is 48.5 Å². The first-order valence-electron chi connectivity index (χ1n) is 9.15. The van der Waals surface area contributed by atoms with Crippen LogP contribution in [0.4, 0.5) is 0 Å². The first kappa shape index (κ1) is 20.3. The van der Waals surface area contributed by atoms with Crippen LogP contribution in [0.2, 0.25) is 0 Å². The molecule has 2 aromatic carbocycles. The first-order chi connectivity index (χ1) is 13.8. The molecule has 1 aliphatic rings. The summed E-state index contributed by atoms with van der Waals surface area (Å²) in [5, 5.41) is 9.62. The number of carbonyl (C=O) groups is 4. The molecule has 1 aliphatic heterocycles.